The normalized spacial score (nSPS) is 11.7. The molecule has 0 aliphatic heterocycles. The Morgan fingerprint density at radius 2 is 1.64 bits per heavy atom. The highest BCUT2D eigenvalue weighted by molar-refractivity contribution is 5.87. The lowest BCUT2D eigenvalue weighted by Crippen LogP contribution is -2.50. The van der Waals surface area contributed by atoms with Crippen molar-refractivity contribution < 1.29 is 9.59 Å². The maximum Gasteiger partial charge on any atom is 0.243 e. The Bertz CT molecular complexity index is 741. The fraction of sp³-hybridized carbons (Fsp3) is 0.417. The summed E-state index contributed by atoms with van der Waals surface area (Å²) in [4.78, 5) is 27.6. The molecule has 0 spiro atoms. The van der Waals surface area contributed by atoms with Crippen LogP contribution in [0.2, 0.25) is 0 Å². The predicted octanol–water partition coefficient (Wildman–Crippen LogP) is 4.26. The number of benzene rings is 2. The first kappa shape index (κ1) is 21.7. The molecule has 28 heavy (non-hydrogen) atoms. The maximum atomic E-state index is 13.0. The molecule has 0 unspecified atom stereocenters. The second-order valence-corrected chi connectivity index (χ2v) is 7.21. The van der Waals surface area contributed by atoms with E-state index in [1.807, 2.05) is 68.4 Å². The number of hydrogen-bond acceptors (Lipinski definition) is 2. The van der Waals surface area contributed by atoms with E-state index < -0.39 is 6.04 Å². The average Bonchev–Trinajstić information content (AvgIpc) is 2.72. The van der Waals surface area contributed by atoms with Crippen LogP contribution in [-0.2, 0) is 22.6 Å². The van der Waals surface area contributed by atoms with Gasteiger partial charge in [0.2, 0.25) is 11.8 Å². The van der Waals surface area contributed by atoms with E-state index in [1.54, 1.807) is 4.90 Å². The standard InChI is InChI=1S/C24H32N2O2/c1-4-6-16-25-24(28)22(17-20-10-8-7-9-11-20)26(23(27)5-2)18-21-14-12-19(3)13-15-21/h7-15,22H,4-6,16-18H2,1-3H3,(H,25,28)/t22-/m1/s1. The molecule has 0 aromatic heterocycles. The molecule has 2 aromatic rings. The number of rotatable bonds is 10. The van der Waals surface area contributed by atoms with Crippen molar-refractivity contribution >= 4 is 11.8 Å². The van der Waals surface area contributed by atoms with Crippen molar-refractivity contribution in [3.05, 3.63) is 71.3 Å². The summed E-state index contributed by atoms with van der Waals surface area (Å²) < 4.78 is 0. The van der Waals surface area contributed by atoms with Crippen LogP contribution in [0.4, 0.5) is 0 Å². The summed E-state index contributed by atoms with van der Waals surface area (Å²) in [6.45, 7) is 7.06. The molecule has 150 valence electrons. The van der Waals surface area contributed by atoms with Crippen LogP contribution in [0.5, 0.6) is 0 Å². The van der Waals surface area contributed by atoms with Crippen molar-refractivity contribution in [3.63, 3.8) is 0 Å². The minimum Gasteiger partial charge on any atom is -0.354 e. The lowest BCUT2D eigenvalue weighted by molar-refractivity contribution is -0.141. The molecule has 0 heterocycles. The van der Waals surface area contributed by atoms with Crippen LogP contribution >= 0.6 is 0 Å². The van der Waals surface area contributed by atoms with Crippen molar-refractivity contribution in [2.75, 3.05) is 6.54 Å². The molecule has 2 aromatic carbocycles. The third-order valence-electron chi connectivity index (χ3n) is 4.88. The molecule has 4 nitrogen and oxygen atoms in total. The highest BCUT2D eigenvalue weighted by Crippen LogP contribution is 2.16. The number of unbranched alkanes of at least 4 members (excludes halogenated alkanes) is 1. The van der Waals surface area contributed by atoms with Crippen molar-refractivity contribution in [1.29, 1.82) is 0 Å². The molecule has 2 amide bonds. The highest BCUT2D eigenvalue weighted by Gasteiger charge is 2.29. The predicted molar refractivity (Wildman–Crippen MR) is 114 cm³/mol. The minimum atomic E-state index is -0.520. The first-order valence-corrected chi connectivity index (χ1v) is 10.2. The molecular formula is C24H32N2O2. The zero-order valence-electron chi connectivity index (χ0n) is 17.3. The number of hydrogen-bond donors (Lipinski definition) is 1. The Labute approximate surface area is 169 Å². The van der Waals surface area contributed by atoms with Gasteiger partial charge < -0.3 is 10.2 Å². The van der Waals surface area contributed by atoms with E-state index in [1.165, 1.54) is 5.56 Å². The minimum absolute atomic E-state index is 0.00727. The Balaban J connectivity index is 2.28. The van der Waals surface area contributed by atoms with E-state index in [0.717, 1.165) is 24.0 Å². The number of aryl methyl sites for hydroxylation is 1. The van der Waals surface area contributed by atoms with Gasteiger partial charge >= 0.3 is 0 Å². The van der Waals surface area contributed by atoms with E-state index in [9.17, 15) is 9.59 Å². The van der Waals surface area contributed by atoms with Crippen molar-refractivity contribution in [3.8, 4) is 0 Å². The van der Waals surface area contributed by atoms with Gasteiger partial charge in [-0.05, 0) is 24.5 Å². The van der Waals surface area contributed by atoms with Gasteiger partial charge in [-0.15, -0.1) is 0 Å². The molecule has 1 N–H and O–H groups in total. The van der Waals surface area contributed by atoms with E-state index in [0.29, 0.717) is 25.9 Å². The zero-order valence-corrected chi connectivity index (χ0v) is 17.3. The molecule has 1 atom stereocenters. The lowest BCUT2D eigenvalue weighted by Gasteiger charge is -2.31. The summed E-state index contributed by atoms with van der Waals surface area (Å²) in [7, 11) is 0. The highest BCUT2D eigenvalue weighted by atomic mass is 16.2. The quantitative estimate of drug-likeness (QED) is 0.626. The number of nitrogens with zero attached hydrogens (tertiary/aromatic N) is 1. The van der Waals surface area contributed by atoms with Gasteiger partial charge in [-0.25, -0.2) is 0 Å². The van der Waals surface area contributed by atoms with E-state index in [2.05, 4.69) is 12.2 Å². The zero-order chi connectivity index (χ0) is 20.4. The fourth-order valence-corrected chi connectivity index (χ4v) is 3.15. The van der Waals surface area contributed by atoms with Crippen molar-refractivity contribution in [2.45, 2.75) is 59.0 Å². The largest absolute Gasteiger partial charge is 0.354 e. The summed E-state index contributed by atoms with van der Waals surface area (Å²) in [5.41, 5.74) is 3.26. The second-order valence-electron chi connectivity index (χ2n) is 7.21. The maximum absolute atomic E-state index is 13.0. The number of carbonyl (C=O) groups is 2. The smallest absolute Gasteiger partial charge is 0.243 e. The molecule has 0 saturated carbocycles. The lowest BCUT2D eigenvalue weighted by atomic mass is 10.0. The second kappa shape index (κ2) is 11.3. The third kappa shape index (κ3) is 6.52. The van der Waals surface area contributed by atoms with Gasteiger partial charge in [0, 0.05) is 25.9 Å². The van der Waals surface area contributed by atoms with Crippen LogP contribution in [0.25, 0.3) is 0 Å². The van der Waals surface area contributed by atoms with Gasteiger partial charge in [0.25, 0.3) is 0 Å². The number of carbonyl (C=O) groups excluding carboxylic acids is 2. The number of amides is 2. The Morgan fingerprint density at radius 1 is 0.964 bits per heavy atom. The van der Waals surface area contributed by atoms with Gasteiger partial charge in [-0.1, -0.05) is 80.4 Å². The summed E-state index contributed by atoms with van der Waals surface area (Å²) in [5.74, 6) is -0.0848. The molecule has 0 aliphatic rings. The van der Waals surface area contributed by atoms with Crippen LogP contribution in [0.1, 0.15) is 49.8 Å². The van der Waals surface area contributed by atoms with Crippen molar-refractivity contribution in [1.82, 2.24) is 10.2 Å². The van der Waals surface area contributed by atoms with E-state index >= 15 is 0 Å². The van der Waals surface area contributed by atoms with Crippen LogP contribution < -0.4 is 5.32 Å². The molecule has 2 rings (SSSR count). The number of nitrogens with one attached hydrogen (secondary N) is 1. The molecule has 0 aliphatic carbocycles. The van der Waals surface area contributed by atoms with Gasteiger partial charge in [0.05, 0.1) is 0 Å². The molecule has 0 radical (unpaired) electrons. The fourth-order valence-electron chi connectivity index (χ4n) is 3.15. The van der Waals surface area contributed by atoms with Crippen LogP contribution in [0.3, 0.4) is 0 Å². The topological polar surface area (TPSA) is 49.4 Å². The molecule has 0 bridgehead atoms. The first-order chi connectivity index (χ1) is 13.5. The van der Waals surface area contributed by atoms with Gasteiger partial charge in [0.15, 0.2) is 0 Å². The SMILES string of the molecule is CCCCNC(=O)[C@@H](Cc1ccccc1)N(Cc1ccc(C)cc1)C(=O)CC. The van der Waals surface area contributed by atoms with Crippen LogP contribution in [0, 0.1) is 6.92 Å². The van der Waals surface area contributed by atoms with Gasteiger partial charge in [0.1, 0.15) is 6.04 Å². The van der Waals surface area contributed by atoms with Gasteiger partial charge in [-0.2, -0.15) is 0 Å². The first-order valence-electron chi connectivity index (χ1n) is 10.2. The monoisotopic (exact) mass is 380 g/mol. The summed E-state index contributed by atoms with van der Waals surface area (Å²) in [6.07, 6.45) is 2.84. The van der Waals surface area contributed by atoms with Crippen LogP contribution in [0.15, 0.2) is 54.6 Å². The summed E-state index contributed by atoms with van der Waals surface area (Å²) in [5, 5.41) is 3.03. The van der Waals surface area contributed by atoms with E-state index in [-0.39, 0.29) is 11.8 Å². The third-order valence-corrected chi connectivity index (χ3v) is 4.88. The van der Waals surface area contributed by atoms with Crippen LogP contribution in [-0.4, -0.2) is 29.3 Å². The summed E-state index contributed by atoms with van der Waals surface area (Å²) >= 11 is 0. The van der Waals surface area contributed by atoms with Gasteiger partial charge in [-0.3, -0.25) is 9.59 Å². The summed E-state index contributed by atoms with van der Waals surface area (Å²) in [6, 6.07) is 17.5. The molecular weight excluding hydrogens is 348 g/mol. The Hall–Kier alpha value is -2.62. The molecule has 4 heteroatoms. The Kier molecular flexibility index (Phi) is 8.73. The molecule has 0 saturated heterocycles. The average molecular weight is 381 g/mol. The Morgan fingerprint density at radius 3 is 2.25 bits per heavy atom. The molecule has 0 fully saturated rings. The van der Waals surface area contributed by atoms with E-state index in [4.69, 9.17) is 0 Å². The van der Waals surface area contributed by atoms with Crippen molar-refractivity contribution in [2.24, 2.45) is 0 Å².